The number of thiophene rings is 1. The Labute approximate surface area is 128 Å². The molecule has 20 heavy (non-hydrogen) atoms. The fourth-order valence-corrected chi connectivity index (χ4v) is 3.39. The highest BCUT2D eigenvalue weighted by Gasteiger charge is 2.03. The molecule has 0 unspecified atom stereocenters. The number of nitrogens with zero attached hydrogens (tertiary/aromatic N) is 2. The second-order valence-corrected chi connectivity index (χ2v) is 6.92. The third-order valence-corrected chi connectivity index (χ3v) is 4.96. The second-order valence-electron chi connectivity index (χ2n) is 4.35. The highest BCUT2D eigenvalue weighted by Crippen LogP contribution is 2.16. The van der Waals surface area contributed by atoms with Crippen LogP contribution in [0.1, 0.15) is 26.6 Å². The Kier molecular flexibility index (Phi) is 5.55. The Morgan fingerprint density at radius 1 is 1.15 bits per heavy atom. The number of hydrogen-bond donors (Lipinski definition) is 2. The standard InChI is InChI=1S/C14H20N4S2/c1-4-11-5-6-12(20-11)7-17-14(15-3)18-9-13-8-16-10(2)19-13/h5-6,8H,4,7,9H2,1-3H3,(H2,15,17,18). The molecule has 0 radical (unpaired) electrons. The molecule has 0 spiro atoms. The largest absolute Gasteiger partial charge is 0.352 e. The van der Waals surface area contributed by atoms with E-state index < -0.39 is 0 Å². The first kappa shape index (κ1) is 15.0. The van der Waals surface area contributed by atoms with E-state index in [1.54, 1.807) is 18.4 Å². The molecule has 0 aliphatic rings. The highest BCUT2D eigenvalue weighted by molar-refractivity contribution is 7.12. The Bertz CT molecular complexity index is 571. The van der Waals surface area contributed by atoms with Crippen LogP contribution in [0.25, 0.3) is 0 Å². The zero-order valence-corrected chi connectivity index (χ0v) is 13.7. The van der Waals surface area contributed by atoms with Crippen LogP contribution in [-0.2, 0) is 19.5 Å². The van der Waals surface area contributed by atoms with Crippen molar-refractivity contribution in [2.45, 2.75) is 33.4 Å². The lowest BCUT2D eigenvalue weighted by atomic mass is 10.4. The molecule has 0 saturated heterocycles. The Morgan fingerprint density at radius 2 is 1.85 bits per heavy atom. The zero-order chi connectivity index (χ0) is 14.4. The SMILES string of the molecule is CCc1ccc(CNC(=NC)NCc2cnc(C)s2)s1. The van der Waals surface area contributed by atoms with Gasteiger partial charge in [0.15, 0.2) is 5.96 Å². The van der Waals surface area contributed by atoms with Gasteiger partial charge < -0.3 is 10.6 Å². The van der Waals surface area contributed by atoms with E-state index in [0.29, 0.717) is 0 Å². The quantitative estimate of drug-likeness (QED) is 0.659. The lowest BCUT2D eigenvalue weighted by Gasteiger charge is -2.10. The molecule has 0 saturated carbocycles. The van der Waals surface area contributed by atoms with Gasteiger partial charge in [-0.2, -0.15) is 0 Å². The van der Waals surface area contributed by atoms with Gasteiger partial charge in [-0.15, -0.1) is 22.7 Å². The van der Waals surface area contributed by atoms with Gasteiger partial charge in [0, 0.05) is 27.9 Å². The average Bonchev–Trinajstić information content (AvgIpc) is 3.08. The van der Waals surface area contributed by atoms with Crippen molar-refractivity contribution < 1.29 is 0 Å². The van der Waals surface area contributed by atoms with Gasteiger partial charge in [0.25, 0.3) is 0 Å². The topological polar surface area (TPSA) is 49.3 Å². The molecule has 2 rings (SSSR count). The van der Waals surface area contributed by atoms with E-state index in [0.717, 1.165) is 30.5 Å². The fraction of sp³-hybridized carbons (Fsp3) is 0.429. The maximum absolute atomic E-state index is 4.25. The normalized spacial score (nSPS) is 11.7. The van der Waals surface area contributed by atoms with Crippen LogP contribution in [0.15, 0.2) is 23.3 Å². The number of aryl methyl sites for hydroxylation is 2. The number of guanidine groups is 1. The van der Waals surface area contributed by atoms with E-state index >= 15 is 0 Å². The molecule has 108 valence electrons. The van der Waals surface area contributed by atoms with Crippen LogP contribution in [0, 0.1) is 6.92 Å². The lowest BCUT2D eigenvalue weighted by Crippen LogP contribution is -2.35. The van der Waals surface area contributed by atoms with Gasteiger partial charge in [-0.3, -0.25) is 4.99 Å². The van der Waals surface area contributed by atoms with Gasteiger partial charge in [0.1, 0.15) is 0 Å². The molecule has 0 amide bonds. The van der Waals surface area contributed by atoms with Crippen LogP contribution < -0.4 is 10.6 Å². The number of aromatic nitrogens is 1. The predicted molar refractivity (Wildman–Crippen MR) is 87.6 cm³/mol. The lowest BCUT2D eigenvalue weighted by molar-refractivity contribution is 0.821. The van der Waals surface area contributed by atoms with E-state index in [2.05, 4.69) is 39.7 Å². The summed E-state index contributed by atoms with van der Waals surface area (Å²) in [6.07, 6.45) is 3.01. The summed E-state index contributed by atoms with van der Waals surface area (Å²) in [7, 11) is 1.79. The van der Waals surface area contributed by atoms with Crippen LogP contribution in [0.3, 0.4) is 0 Å². The first-order chi connectivity index (χ1) is 9.71. The van der Waals surface area contributed by atoms with Crippen molar-refractivity contribution in [1.82, 2.24) is 15.6 Å². The predicted octanol–water partition coefficient (Wildman–Crippen LogP) is 2.94. The van der Waals surface area contributed by atoms with Gasteiger partial charge in [0.05, 0.1) is 18.1 Å². The van der Waals surface area contributed by atoms with Gasteiger partial charge in [-0.05, 0) is 25.5 Å². The minimum atomic E-state index is 0.760. The number of hydrogen-bond acceptors (Lipinski definition) is 4. The molecular weight excluding hydrogens is 288 g/mol. The van der Waals surface area contributed by atoms with Crippen molar-refractivity contribution in [1.29, 1.82) is 0 Å². The van der Waals surface area contributed by atoms with Crippen molar-refractivity contribution in [2.75, 3.05) is 7.05 Å². The summed E-state index contributed by atoms with van der Waals surface area (Å²) >= 11 is 3.56. The van der Waals surface area contributed by atoms with E-state index in [1.165, 1.54) is 14.6 Å². The summed E-state index contributed by atoms with van der Waals surface area (Å²) in [4.78, 5) is 12.5. The molecule has 0 aliphatic heterocycles. The summed E-state index contributed by atoms with van der Waals surface area (Å²) in [5, 5.41) is 7.73. The number of thiazole rings is 1. The second kappa shape index (κ2) is 7.40. The average molecular weight is 308 g/mol. The molecule has 0 aromatic carbocycles. The Morgan fingerprint density at radius 3 is 2.40 bits per heavy atom. The molecule has 0 atom stereocenters. The van der Waals surface area contributed by atoms with Crippen molar-refractivity contribution in [3.63, 3.8) is 0 Å². The third kappa shape index (κ3) is 4.31. The highest BCUT2D eigenvalue weighted by atomic mass is 32.1. The van der Waals surface area contributed by atoms with Crippen LogP contribution in [0.4, 0.5) is 0 Å². The molecule has 0 aliphatic carbocycles. The van der Waals surface area contributed by atoms with Crippen LogP contribution in [-0.4, -0.2) is 18.0 Å². The van der Waals surface area contributed by atoms with Gasteiger partial charge >= 0.3 is 0 Å². The maximum atomic E-state index is 4.25. The first-order valence-electron chi connectivity index (χ1n) is 6.64. The minimum absolute atomic E-state index is 0.760. The van der Waals surface area contributed by atoms with E-state index in [4.69, 9.17) is 0 Å². The van der Waals surface area contributed by atoms with E-state index in [9.17, 15) is 0 Å². The summed E-state index contributed by atoms with van der Waals surface area (Å²) in [5.74, 6) is 0.822. The molecule has 2 aromatic rings. The Balaban J connectivity index is 1.80. The smallest absolute Gasteiger partial charge is 0.191 e. The molecular formula is C14H20N4S2. The van der Waals surface area contributed by atoms with E-state index in [1.807, 2.05) is 24.5 Å². The van der Waals surface area contributed by atoms with Crippen molar-refractivity contribution in [3.05, 3.63) is 38.0 Å². The fourth-order valence-electron chi connectivity index (χ4n) is 1.76. The number of rotatable bonds is 5. The number of nitrogens with one attached hydrogen (secondary N) is 2. The monoisotopic (exact) mass is 308 g/mol. The van der Waals surface area contributed by atoms with Gasteiger partial charge in [0.2, 0.25) is 0 Å². The minimum Gasteiger partial charge on any atom is -0.352 e. The number of aliphatic imine (C=N–C) groups is 1. The van der Waals surface area contributed by atoms with Crippen molar-refractivity contribution in [3.8, 4) is 0 Å². The molecule has 2 heterocycles. The van der Waals surface area contributed by atoms with Crippen molar-refractivity contribution in [2.24, 2.45) is 4.99 Å². The van der Waals surface area contributed by atoms with Crippen LogP contribution >= 0.6 is 22.7 Å². The summed E-state index contributed by atoms with van der Waals surface area (Å²) in [6, 6.07) is 4.37. The molecule has 2 aromatic heterocycles. The van der Waals surface area contributed by atoms with Crippen LogP contribution in [0.5, 0.6) is 0 Å². The molecule has 2 N–H and O–H groups in total. The molecule has 6 heteroatoms. The molecule has 0 bridgehead atoms. The molecule has 0 fully saturated rings. The summed E-state index contributed by atoms with van der Waals surface area (Å²) in [5.41, 5.74) is 0. The third-order valence-electron chi connectivity index (χ3n) is 2.82. The van der Waals surface area contributed by atoms with Crippen molar-refractivity contribution >= 4 is 28.6 Å². The zero-order valence-electron chi connectivity index (χ0n) is 12.1. The summed E-state index contributed by atoms with van der Waals surface area (Å²) in [6.45, 7) is 5.77. The van der Waals surface area contributed by atoms with Crippen LogP contribution in [0.2, 0.25) is 0 Å². The summed E-state index contributed by atoms with van der Waals surface area (Å²) < 4.78 is 0. The van der Waals surface area contributed by atoms with Gasteiger partial charge in [-0.1, -0.05) is 6.92 Å². The Hall–Kier alpha value is -1.40. The molecule has 4 nitrogen and oxygen atoms in total. The maximum Gasteiger partial charge on any atom is 0.191 e. The first-order valence-corrected chi connectivity index (χ1v) is 8.28. The van der Waals surface area contributed by atoms with E-state index in [-0.39, 0.29) is 0 Å². The van der Waals surface area contributed by atoms with Gasteiger partial charge in [-0.25, -0.2) is 4.98 Å².